The molecule has 0 radical (unpaired) electrons. The van der Waals surface area contributed by atoms with Crippen molar-refractivity contribution in [3.8, 4) is 0 Å². The number of ether oxygens (including phenoxy) is 4. The number of phosphoric ester groups is 2. The Morgan fingerprint density at radius 3 is 0.776 bits per heavy atom. The lowest BCUT2D eigenvalue weighted by molar-refractivity contribution is -0.161. The highest BCUT2D eigenvalue weighted by atomic mass is 31.2. The fourth-order valence-corrected chi connectivity index (χ4v) is 13.3. The Kier molecular flexibility index (Phi) is 71.0. The molecule has 0 aliphatic rings. The molecular formula is C79H150O17P2. The molecule has 0 saturated heterocycles. The first-order valence-corrected chi connectivity index (χ1v) is 43.6. The number of aliphatic hydroxyl groups excluding tert-OH is 1. The van der Waals surface area contributed by atoms with Crippen molar-refractivity contribution in [3.63, 3.8) is 0 Å². The molecule has 0 aliphatic heterocycles. The third-order valence-electron chi connectivity index (χ3n) is 17.9. The van der Waals surface area contributed by atoms with Crippen molar-refractivity contribution < 1.29 is 80.2 Å². The Morgan fingerprint density at radius 2 is 0.500 bits per heavy atom. The highest BCUT2D eigenvalue weighted by Gasteiger charge is 2.30. The Hall–Kier alpha value is -2.46. The molecule has 19 heteroatoms. The SMILES string of the molecule is CCCCC/C=C\C/C=C\CCCCCCCC(=O)OCC(COP(=O)(O)OCC(O)COP(=O)(O)OCC(COC(=O)CCCCCCCCCCCCCCCCC)OC(=O)CCCCCCCCCCCCCCC)OC(=O)CCCCCCCCCCCCCCCCC. The number of hydrogen-bond acceptors (Lipinski definition) is 15. The van der Waals surface area contributed by atoms with Crippen LogP contribution in [0.4, 0.5) is 0 Å². The summed E-state index contributed by atoms with van der Waals surface area (Å²) < 4.78 is 68.6. The molecule has 5 atom stereocenters. The molecule has 0 amide bonds. The van der Waals surface area contributed by atoms with Crippen LogP contribution in [-0.4, -0.2) is 96.7 Å². The summed E-state index contributed by atoms with van der Waals surface area (Å²) in [6.07, 6.45) is 67.2. The lowest BCUT2D eigenvalue weighted by atomic mass is 10.0. The van der Waals surface area contributed by atoms with Crippen LogP contribution in [-0.2, 0) is 65.4 Å². The van der Waals surface area contributed by atoms with Gasteiger partial charge in [-0.15, -0.1) is 0 Å². The van der Waals surface area contributed by atoms with E-state index in [4.69, 9.17) is 37.0 Å². The first-order valence-electron chi connectivity index (χ1n) is 40.6. The second-order valence-corrected chi connectivity index (χ2v) is 30.6. The van der Waals surface area contributed by atoms with Crippen molar-refractivity contribution in [1.82, 2.24) is 0 Å². The Labute approximate surface area is 599 Å². The number of carbonyl (C=O) groups is 4. The van der Waals surface area contributed by atoms with E-state index in [0.29, 0.717) is 25.7 Å². The van der Waals surface area contributed by atoms with Gasteiger partial charge in [0.25, 0.3) is 0 Å². The summed E-state index contributed by atoms with van der Waals surface area (Å²) in [4.78, 5) is 73.0. The number of rotatable bonds is 78. The van der Waals surface area contributed by atoms with E-state index in [1.165, 1.54) is 205 Å². The fraction of sp³-hybridized carbons (Fsp3) is 0.899. The van der Waals surface area contributed by atoms with Gasteiger partial charge in [0.15, 0.2) is 12.2 Å². The van der Waals surface area contributed by atoms with E-state index in [9.17, 15) is 43.2 Å². The van der Waals surface area contributed by atoms with Crippen molar-refractivity contribution in [2.24, 2.45) is 0 Å². The van der Waals surface area contributed by atoms with Gasteiger partial charge >= 0.3 is 39.5 Å². The van der Waals surface area contributed by atoms with Crippen LogP contribution in [0.15, 0.2) is 24.3 Å². The topological polar surface area (TPSA) is 237 Å². The van der Waals surface area contributed by atoms with Crippen LogP contribution in [0.5, 0.6) is 0 Å². The average Bonchev–Trinajstić information content (AvgIpc) is 1.04. The van der Waals surface area contributed by atoms with Gasteiger partial charge < -0.3 is 33.8 Å². The van der Waals surface area contributed by atoms with Gasteiger partial charge in [-0.05, 0) is 57.8 Å². The minimum atomic E-state index is -4.96. The monoisotopic (exact) mass is 1430 g/mol. The molecule has 0 saturated carbocycles. The number of esters is 4. The van der Waals surface area contributed by atoms with Gasteiger partial charge in [-0.25, -0.2) is 9.13 Å². The molecule has 0 aromatic carbocycles. The van der Waals surface area contributed by atoms with Crippen LogP contribution in [0.25, 0.3) is 0 Å². The molecule has 17 nitrogen and oxygen atoms in total. The second kappa shape index (κ2) is 72.9. The van der Waals surface area contributed by atoms with Crippen LogP contribution in [0, 0.1) is 0 Å². The lowest BCUT2D eigenvalue weighted by Crippen LogP contribution is -2.30. The number of carbonyl (C=O) groups excluding carboxylic acids is 4. The largest absolute Gasteiger partial charge is 0.472 e. The molecule has 0 fully saturated rings. The van der Waals surface area contributed by atoms with Crippen LogP contribution >= 0.6 is 15.6 Å². The molecule has 0 heterocycles. The predicted molar refractivity (Wildman–Crippen MR) is 400 cm³/mol. The van der Waals surface area contributed by atoms with Crippen LogP contribution in [0.2, 0.25) is 0 Å². The first-order chi connectivity index (χ1) is 47.7. The minimum absolute atomic E-state index is 0.102. The first kappa shape index (κ1) is 95.5. The molecule has 578 valence electrons. The quantitative estimate of drug-likeness (QED) is 0.0169. The maximum atomic E-state index is 13.1. The number of phosphoric acid groups is 2. The zero-order chi connectivity index (χ0) is 71.8. The fourth-order valence-electron chi connectivity index (χ4n) is 11.7. The van der Waals surface area contributed by atoms with Gasteiger partial charge in [0.1, 0.15) is 19.3 Å². The molecule has 0 aromatic heterocycles. The molecule has 0 aliphatic carbocycles. The molecule has 0 bridgehead atoms. The third kappa shape index (κ3) is 71.9. The van der Waals surface area contributed by atoms with Gasteiger partial charge in [0.2, 0.25) is 0 Å². The summed E-state index contributed by atoms with van der Waals surface area (Å²) in [5.74, 6) is -2.13. The van der Waals surface area contributed by atoms with E-state index >= 15 is 0 Å². The van der Waals surface area contributed by atoms with E-state index in [0.717, 1.165) is 116 Å². The molecular weight excluding hydrogens is 1280 g/mol. The Bertz CT molecular complexity index is 1950. The van der Waals surface area contributed by atoms with Crippen molar-refractivity contribution in [3.05, 3.63) is 24.3 Å². The van der Waals surface area contributed by atoms with Crippen molar-refractivity contribution in [2.45, 2.75) is 418 Å². The highest BCUT2D eigenvalue weighted by molar-refractivity contribution is 7.47. The Morgan fingerprint density at radius 1 is 0.286 bits per heavy atom. The molecule has 5 unspecified atom stereocenters. The molecule has 0 rings (SSSR count). The van der Waals surface area contributed by atoms with Gasteiger partial charge in [0, 0.05) is 25.7 Å². The van der Waals surface area contributed by atoms with Gasteiger partial charge in [-0.1, -0.05) is 341 Å². The molecule has 3 N–H and O–H groups in total. The maximum Gasteiger partial charge on any atom is 0.472 e. The maximum absolute atomic E-state index is 13.1. The number of unbranched alkanes of at least 4 members (excludes halogenated alkanes) is 48. The average molecular weight is 1430 g/mol. The van der Waals surface area contributed by atoms with Crippen LogP contribution in [0.3, 0.4) is 0 Å². The number of hydrogen-bond donors (Lipinski definition) is 3. The highest BCUT2D eigenvalue weighted by Crippen LogP contribution is 2.45. The van der Waals surface area contributed by atoms with E-state index in [2.05, 4.69) is 52.0 Å². The second-order valence-electron chi connectivity index (χ2n) is 27.7. The molecule has 0 spiro atoms. The summed E-state index contributed by atoms with van der Waals surface area (Å²) in [5, 5.41) is 10.6. The van der Waals surface area contributed by atoms with E-state index in [1.54, 1.807) is 0 Å². The lowest BCUT2D eigenvalue weighted by Gasteiger charge is -2.21. The zero-order valence-electron chi connectivity index (χ0n) is 63.2. The smallest absolute Gasteiger partial charge is 0.462 e. The van der Waals surface area contributed by atoms with Crippen molar-refractivity contribution in [2.75, 3.05) is 39.6 Å². The molecule has 98 heavy (non-hydrogen) atoms. The van der Waals surface area contributed by atoms with Gasteiger partial charge in [-0.2, -0.15) is 0 Å². The number of allylic oxidation sites excluding steroid dienone is 4. The summed E-state index contributed by atoms with van der Waals surface area (Å²) >= 11 is 0. The van der Waals surface area contributed by atoms with Gasteiger partial charge in [-0.3, -0.25) is 37.3 Å². The predicted octanol–water partition coefficient (Wildman–Crippen LogP) is 23.3. The van der Waals surface area contributed by atoms with Crippen LogP contribution < -0.4 is 0 Å². The summed E-state index contributed by atoms with van der Waals surface area (Å²) in [6, 6.07) is 0. The molecule has 0 aromatic rings. The van der Waals surface area contributed by atoms with Crippen molar-refractivity contribution in [1.29, 1.82) is 0 Å². The van der Waals surface area contributed by atoms with E-state index < -0.39 is 97.5 Å². The summed E-state index contributed by atoms with van der Waals surface area (Å²) in [6.45, 7) is 4.95. The van der Waals surface area contributed by atoms with Crippen molar-refractivity contribution >= 4 is 39.5 Å². The normalized spacial score (nSPS) is 14.0. The van der Waals surface area contributed by atoms with Crippen LogP contribution in [0.1, 0.15) is 400 Å². The summed E-state index contributed by atoms with van der Waals surface area (Å²) in [5.41, 5.74) is 0. The zero-order valence-corrected chi connectivity index (χ0v) is 65.0. The number of aliphatic hydroxyl groups is 1. The Balaban J connectivity index is 5.29. The van der Waals surface area contributed by atoms with E-state index in [1.807, 2.05) is 0 Å². The minimum Gasteiger partial charge on any atom is -0.462 e. The van der Waals surface area contributed by atoms with Gasteiger partial charge in [0.05, 0.1) is 26.4 Å². The summed E-state index contributed by atoms with van der Waals surface area (Å²) in [7, 11) is -9.93. The van der Waals surface area contributed by atoms with E-state index in [-0.39, 0.29) is 25.7 Å². The third-order valence-corrected chi connectivity index (χ3v) is 19.9. The standard InChI is InChI=1S/C79H150O17P2/c1-5-9-13-17-21-25-29-33-36-40-43-47-51-55-59-63-76(81)89-69-74(95-78(83)65-61-57-53-49-45-39-32-28-24-20-16-12-8-4)71-93-97(85,86)91-67-73(80)68-92-98(87,88)94-72-75(96-79(84)66-62-58-54-50-46-42-38-35-31-27-23-19-15-11-7-3)70-90-77(82)64-60-56-52-48-44-41-37-34-30-26-22-18-14-10-6-2/h22,26,34,37,73-75,80H,5-21,23-25,27-33,35-36,38-72H2,1-4H3,(H,85,86)(H,87,88)/b26-22-,37-34-.